The number of hydrogen-bond donors (Lipinski definition) is 1. The van der Waals surface area contributed by atoms with E-state index in [0.29, 0.717) is 5.92 Å². The van der Waals surface area contributed by atoms with Crippen LogP contribution in [0.2, 0.25) is 0 Å². The van der Waals surface area contributed by atoms with Crippen LogP contribution in [0.25, 0.3) is 0 Å². The summed E-state index contributed by atoms with van der Waals surface area (Å²) in [5.74, 6) is 0.526. The van der Waals surface area contributed by atoms with Crippen molar-refractivity contribution in [2.24, 2.45) is 16.7 Å². The van der Waals surface area contributed by atoms with Crippen molar-refractivity contribution in [3.8, 4) is 6.07 Å². The third-order valence-electron chi connectivity index (χ3n) is 11.2. The van der Waals surface area contributed by atoms with Crippen molar-refractivity contribution in [3.63, 3.8) is 0 Å². The van der Waals surface area contributed by atoms with Crippen LogP contribution in [-0.2, 0) is 20.0 Å². The van der Waals surface area contributed by atoms with E-state index in [4.69, 9.17) is 4.74 Å². The molecule has 2 aliphatic carbocycles. The maximum Gasteiger partial charge on any atom is 0.407 e. The van der Waals surface area contributed by atoms with Gasteiger partial charge in [0, 0.05) is 61.5 Å². The van der Waals surface area contributed by atoms with Crippen molar-refractivity contribution >= 4 is 21.6 Å². The molecule has 2 saturated heterocycles. The number of sulfone groups is 1. The third-order valence-corrected chi connectivity index (χ3v) is 13.0. The number of nitrogens with one attached hydrogen (secondary N) is 1. The minimum absolute atomic E-state index is 0.216. The highest BCUT2D eigenvalue weighted by atomic mass is 32.2. The number of amides is 1. The largest absolute Gasteiger partial charge is 0.446 e. The standard InChI is InChI=1S/C35H39N5O4S/c1-37-32(41)44-31-8-5-15-34(31)33(35(34,25-36)27-6-3-2-4-7-27)16-20-39(21-17-33)22-26-23-40(24-26)28-9-11-29(12-10-28)45(42,43)30-13-18-38-19-14-30/h2-4,6-7,9-14,18-19,26,31H,5,8,15-17,20-24H2,1H3,(H,37,41)/t31-,34+,35?/m0/s1. The van der Waals surface area contributed by atoms with Gasteiger partial charge in [-0.15, -0.1) is 0 Å². The Bertz CT molecular complexity index is 1700. The molecule has 0 radical (unpaired) electrons. The van der Waals surface area contributed by atoms with Gasteiger partial charge < -0.3 is 19.9 Å². The van der Waals surface area contributed by atoms with Gasteiger partial charge in [0.1, 0.15) is 6.10 Å². The summed E-state index contributed by atoms with van der Waals surface area (Å²) in [6, 6.07) is 23.2. The van der Waals surface area contributed by atoms with Crippen LogP contribution in [0, 0.1) is 28.1 Å². The molecule has 1 aromatic heterocycles. The lowest BCUT2D eigenvalue weighted by atomic mass is 9.80. The highest BCUT2D eigenvalue weighted by Crippen LogP contribution is 2.86. The molecule has 1 N–H and O–H groups in total. The molecule has 0 bridgehead atoms. The Labute approximate surface area is 265 Å². The van der Waals surface area contributed by atoms with Crippen LogP contribution in [-0.4, -0.2) is 70.3 Å². The number of likely N-dealkylation sites (tertiary alicyclic amines) is 1. The zero-order valence-corrected chi connectivity index (χ0v) is 26.4. The molecule has 4 fully saturated rings. The zero-order chi connectivity index (χ0) is 31.3. The van der Waals surface area contributed by atoms with E-state index in [-0.39, 0.29) is 26.7 Å². The first kappa shape index (κ1) is 29.8. The second kappa shape index (κ2) is 11.1. The Kier molecular flexibility index (Phi) is 7.37. The lowest BCUT2D eigenvalue weighted by Crippen LogP contribution is -2.53. The van der Waals surface area contributed by atoms with Crippen molar-refractivity contribution in [1.29, 1.82) is 5.26 Å². The number of fused-ring (bicyclic) bond motifs is 1. The molecular formula is C35H39N5O4S. The van der Waals surface area contributed by atoms with Gasteiger partial charge in [0.05, 0.1) is 21.3 Å². The summed E-state index contributed by atoms with van der Waals surface area (Å²) in [6.07, 6.45) is 6.76. The number of anilines is 1. The summed E-state index contributed by atoms with van der Waals surface area (Å²) in [5.41, 5.74) is 0.850. The van der Waals surface area contributed by atoms with Crippen LogP contribution in [0.5, 0.6) is 0 Å². The summed E-state index contributed by atoms with van der Waals surface area (Å²) in [4.78, 5) is 21.7. The normalized spacial score (nSPS) is 27.6. The molecule has 7 rings (SSSR count). The van der Waals surface area contributed by atoms with E-state index < -0.39 is 21.3 Å². The van der Waals surface area contributed by atoms with Gasteiger partial charge in [-0.05, 0) is 87.2 Å². The number of aromatic nitrogens is 1. The minimum atomic E-state index is -3.57. The first-order valence-electron chi connectivity index (χ1n) is 15.9. The number of nitrogens with zero attached hydrogens (tertiary/aromatic N) is 4. The van der Waals surface area contributed by atoms with Crippen LogP contribution in [0.3, 0.4) is 0 Å². The predicted molar refractivity (Wildman–Crippen MR) is 169 cm³/mol. The number of rotatable bonds is 7. The second-order valence-electron chi connectivity index (χ2n) is 13.1. The number of benzene rings is 2. The summed E-state index contributed by atoms with van der Waals surface area (Å²) >= 11 is 0. The fourth-order valence-corrected chi connectivity index (χ4v) is 10.5. The molecule has 3 aromatic rings. The van der Waals surface area contributed by atoms with E-state index in [1.54, 1.807) is 19.2 Å². The van der Waals surface area contributed by atoms with Gasteiger partial charge >= 0.3 is 6.09 Å². The van der Waals surface area contributed by atoms with Crippen molar-refractivity contribution in [2.45, 2.75) is 53.4 Å². The van der Waals surface area contributed by atoms with E-state index in [2.05, 4.69) is 38.3 Å². The van der Waals surface area contributed by atoms with Crippen molar-refractivity contribution in [1.82, 2.24) is 15.2 Å². The van der Waals surface area contributed by atoms with Crippen molar-refractivity contribution < 1.29 is 17.9 Å². The molecule has 234 valence electrons. The van der Waals surface area contributed by atoms with Gasteiger partial charge in [0.2, 0.25) is 9.84 Å². The monoisotopic (exact) mass is 625 g/mol. The molecule has 2 aromatic carbocycles. The van der Waals surface area contributed by atoms with Crippen LogP contribution in [0.15, 0.2) is 88.9 Å². The first-order valence-corrected chi connectivity index (χ1v) is 17.4. The molecule has 3 atom stereocenters. The molecule has 1 unspecified atom stereocenters. The average molecular weight is 626 g/mol. The summed E-state index contributed by atoms with van der Waals surface area (Å²) in [5, 5.41) is 13.5. The third kappa shape index (κ3) is 4.38. The number of nitriles is 1. The number of alkyl carbamates (subject to hydrolysis) is 1. The van der Waals surface area contributed by atoms with E-state index in [1.165, 1.54) is 24.5 Å². The number of carbonyl (C=O) groups is 1. The number of pyridine rings is 1. The van der Waals surface area contributed by atoms with E-state index in [9.17, 15) is 18.5 Å². The molecule has 2 aliphatic heterocycles. The molecule has 3 heterocycles. The molecule has 2 spiro atoms. The van der Waals surface area contributed by atoms with Gasteiger partial charge in [-0.2, -0.15) is 5.26 Å². The molecule has 10 heteroatoms. The highest BCUT2D eigenvalue weighted by Gasteiger charge is 2.90. The number of ether oxygens (including phenoxy) is 1. The maximum absolute atomic E-state index is 12.9. The van der Waals surface area contributed by atoms with Crippen molar-refractivity contribution in [2.75, 3.05) is 44.7 Å². The quantitative estimate of drug-likeness (QED) is 0.398. The zero-order valence-electron chi connectivity index (χ0n) is 25.6. The fraction of sp³-hybridized carbons (Fsp3) is 0.457. The topological polar surface area (TPSA) is 116 Å². The second-order valence-corrected chi connectivity index (χ2v) is 15.0. The Hall–Kier alpha value is -3.94. The Morgan fingerprint density at radius 3 is 2.31 bits per heavy atom. The average Bonchev–Trinajstić information content (AvgIpc) is 3.27. The smallest absolute Gasteiger partial charge is 0.407 e. The Morgan fingerprint density at radius 1 is 1.00 bits per heavy atom. The van der Waals surface area contributed by atoms with Crippen LogP contribution >= 0.6 is 0 Å². The van der Waals surface area contributed by atoms with Gasteiger partial charge in [-0.25, -0.2) is 13.2 Å². The SMILES string of the molecule is CNC(=O)O[C@H]1CCC[C@]12C1(CCN(CC3CN(c4ccc(S(=O)(=O)c5ccncc5)cc4)C3)CC1)C2(C#N)c1ccccc1. The van der Waals surface area contributed by atoms with Crippen LogP contribution in [0.4, 0.5) is 10.5 Å². The predicted octanol–water partition coefficient (Wildman–Crippen LogP) is 4.80. The molecular weight excluding hydrogens is 586 g/mol. The lowest BCUT2D eigenvalue weighted by molar-refractivity contribution is 0.0357. The first-order chi connectivity index (χ1) is 21.8. The van der Waals surface area contributed by atoms with Gasteiger partial charge in [0.15, 0.2) is 0 Å². The molecule has 45 heavy (non-hydrogen) atoms. The molecule has 1 amide bonds. The van der Waals surface area contributed by atoms with Crippen LogP contribution in [0.1, 0.15) is 37.7 Å². The Balaban J connectivity index is 1.01. The van der Waals surface area contributed by atoms with Gasteiger partial charge in [-0.1, -0.05) is 30.3 Å². The number of piperidine rings is 1. The van der Waals surface area contributed by atoms with E-state index >= 15 is 0 Å². The van der Waals surface area contributed by atoms with Crippen molar-refractivity contribution in [3.05, 3.63) is 84.7 Å². The number of hydrogen-bond acceptors (Lipinski definition) is 8. The highest BCUT2D eigenvalue weighted by molar-refractivity contribution is 7.91. The van der Waals surface area contributed by atoms with E-state index in [0.717, 1.165) is 76.1 Å². The molecule has 2 saturated carbocycles. The summed E-state index contributed by atoms with van der Waals surface area (Å²) in [6.45, 7) is 4.69. The fourth-order valence-electron chi connectivity index (χ4n) is 9.28. The minimum Gasteiger partial charge on any atom is -0.446 e. The van der Waals surface area contributed by atoms with Crippen LogP contribution < -0.4 is 10.2 Å². The van der Waals surface area contributed by atoms with E-state index in [1.807, 2.05) is 30.3 Å². The maximum atomic E-state index is 12.9. The Morgan fingerprint density at radius 2 is 1.67 bits per heavy atom. The lowest BCUT2D eigenvalue weighted by Gasteiger charge is -2.45. The van der Waals surface area contributed by atoms with Gasteiger partial charge in [-0.3, -0.25) is 4.98 Å². The number of carbonyl (C=O) groups excluding carboxylic acids is 1. The molecule has 9 nitrogen and oxygen atoms in total. The van der Waals surface area contributed by atoms with Gasteiger partial charge in [0.25, 0.3) is 0 Å². The summed E-state index contributed by atoms with van der Waals surface area (Å²) in [7, 11) is -1.98. The molecule has 4 aliphatic rings. The summed E-state index contributed by atoms with van der Waals surface area (Å²) < 4.78 is 31.9.